The first-order valence-corrected chi connectivity index (χ1v) is 12.8. The smallest absolute Gasteiger partial charge is 0.433 e. The number of nitrogens with two attached hydrogens (primary N) is 1. The maximum absolute atomic E-state index is 14.6. The largest absolute Gasteiger partial charge is 0.473 e. The Morgan fingerprint density at radius 1 is 1.08 bits per heavy atom. The third kappa shape index (κ3) is 7.21. The van der Waals surface area contributed by atoms with Gasteiger partial charge in [-0.1, -0.05) is 43.3 Å². The number of thiol groups is 1. The molecule has 1 aromatic heterocycles. The van der Waals surface area contributed by atoms with Crippen LogP contribution in [0.1, 0.15) is 47.2 Å². The number of aromatic nitrogens is 1. The van der Waals surface area contributed by atoms with Gasteiger partial charge in [-0.3, -0.25) is 9.10 Å². The molecule has 12 heteroatoms. The highest BCUT2D eigenvalue weighted by molar-refractivity contribution is 7.74. The minimum Gasteiger partial charge on any atom is -0.473 e. The molecule has 0 aliphatic rings. The fraction of sp³-hybridized carbons (Fsp3) is 0.308. The minimum atomic E-state index is -4.68. The maximum Gasteiger partial charge on any atom is 0.433 e. The summed E-state index contributed by atoms with van der Waals surface area (Å²) in [7, 11) is -1.89. The van der Waals surface area contributed by atoms with Crippen molar-refractivity contribution in [2.75, 3.05) is 11.4 Å². The van der Waals surface area contributed by atoms with Crippen molar-refractivity contribution >= 4 is 22.5 Å². The molecule has 0 saturated carbocycles. The van der Waals surface area contributed by atoms with E-state index in [1.54, 1.807) is 0 Å². The van der Waals surface area contributed by atoms with Gasteiger partial charge in [-0.2, -0.15) is 13.2 Å². The lowest BCUT2D eigenvalue weighted by molar-refractivity contribution is -0.141. The minimum absolute atomic E-state index is 0.0211. The second-order valence-electron chi connectivity index (χ2n) is 8.58. The van der Waals surface area contributed by atoms with E-state index in [1.807, 2.05) is 31.2 Å². The van der Waals surface area contributed by atoms with Gasteiger partial charge >= 0.3 is 6.18 Å². The van der Waals surface area contributed by atoms with Crippen molar-refractivity contribution in [3.8, 4) is 5.88 Å². The van der Waals surface area contributed by atoms with Crippen molar-refractivity contribution in [3.63, 3.8) is 0 Å². The summed E-state index contributed by atoms with van der Waals surface area (Å²) in [4.78, 5) is 15.9. The fourth-order valence-corrected chi connectivity index (χ4v) is 4.17. The number of nitrogens with zero attached hydrogens (tertiary/aromatic N) is 2. The van der Waals surface area contributed by atoms with Gasteiger partial charge in [0.05, 0.1) is 11.6 Å². The summed E-state index contributed by atoms with van der Waals surface area (Å²) < 4.78 is 83.2. The Morgan fingerprint density at radius 3 is 2.29 bits per heavy atom. The van der Waals surface area contributed by atoms with Crippen molar-refractivity contribution in [1.82, 2.24) is 4.98 Å². The zero-order chi connectivity index (χ0) is 28.0. The lowest BCUT2D eigenvalue weighted by Crippen LogP contribution is -2.23. The van der Waals surface area contributed by atoms with Crippen LogP contribution >= 0.6 is 0 Å². The van der Waals surface area contributed by atoms with Gasteiger partial charge < -0.3 is 10.5 Å². The first-order chi connectivity index (χ1) is 17.9. The summed E-state index contributed by atoms with van der Waals surface area (Å²) in [5.74, 6) is -2.88. The monoisotopic (exact) mass is 553 g/mol. The van der Waals surface area contributed by atoms with Crippen molar-refractivity contribution in [3.05, 3.63) is 88.4 Å². The Hall–Kier alpha value is -3.67. The summed E-state index contributed by atoms with van der Waals surface area (Å²) in [6.45, 7) is 1.98. The second-order valence-corrected chi connectivity index (χ2v) is 9.66. The number of aryl methyl sites for hydroxylation is 2. The zero-order valence-corrected chi connectivity index (χ0v) is 21.6. The van der Waals surface area contributed by atoms with Gasteiger partial charge in [0.15, 0.2) is 0 Å². The van der Waals surface area contributed by atoms with Crippen LogP contribution in [0.15, 0.2) is 54.6 Å². The summed E-state index contributed by atoms with van der Waals surface area (Å²) in [5.41, 5.74) is 6.57. The number of benzene rings is 2. The van der Waals surface area contributed by atoms with E-state index in [4.69, 9.17) is 10.5 Å². The van der Waals surface area contributed by atoms with Crippen molar-refractivity contribution in [1.29, 1.82) is 0 Å². The molecule has 1 amide bonds. The van der Waals surface area contributed by atoms with Crippen LogP contribution in [-0.4, -0.2) is 26.4 Å². The summed E-state index contributed by atoms with van der Waals surface area (Å²) in [5, 5.41) is 0. The first kappa shape index (κ1) is 28.9. The number of ether oxygens (including phenoxy) is 1. The van der Waals surface area contributed by atoms with Crippen molar-refractivity contribution < 1.29 is 35.5 Å². The molecule has 3 aromatic rings. The molecule has 2 N–H and O–H groups in total. The molecular weight excluding hydrogens is 526 g/mol. The molecule has 2 aromatic carbocycles. The molecule has 0 spiro atoms. The molecular formula is C26H27F4N3O4S. The summed E-state index contributed by atoms with van der Waals surface area (Å²) in [6.07, 6.45) is -3.77. The van der Waals surface area contributed by atoms with E-state index < -0.39 is 40.4 Å². The van der Waals surface area contributed by atoms with Crippen LogP contribution in [-0.2, 0) is 41.3 Å². The average molecular weight is 554 g/mol. The Kier molecular flexibility index (Phi) is 9.31. The van der Waals surface area contributed by atoms with E-state index >= 15 is 0 Å². The number of pyridine rings is 1. The van der Waals surface area contributed by atoms with Crippen molar-refractivity contribution in [2.45, 2.75) is 44.9 Å². The van der Waals surface area contributed by atoms with E-state index in [0.717, 1.165) is 34.0 Å². The third-order valence-corrected chi connectivity index (χ3v) is 6.76. The predicted molar refractivity (Wildman–Crippen MR) is 135 cm³/mol. The van der Waals surface area contributed by atoms with Crippen molar-refractivity contribution in [2.24, 2.45) is 5.73 Å². The normalized spacial score (nSPS) is 12.4. The standard InChI is InChI=1S/C26H27F4N3O4S/c1-3-16-4-6-17(7-5-16)15-37-25-18(10-13-23(32-25)26(28,29)30)8-11-20(24(31)34)19-9-12-22(21(27)14-19)33(2)38(35)36/h4-7,9-10,12-14,20,38H,3,8,11,15H2,1-2H3,(H2,31,34). The van der Waals surface area contributed by atoms with E-state index in [9.17, 15) is 30.8 Å². The molecule has 1 heterocycles. The number of primary amides is 1. The lowest BCUT2D eigenvalue weighted by Gasteiger charge is -2.18. The molecule has 204 valence electrons. The summed E-state index contributed by atoms with van der Waals surface area (Å²) >= 11 is 0. The third-order valence-electron chi connectivity index (χ3n) is 6.05. The SMILES string of the molecule is CCc1ccc(COc2nc(C(F)(F)F)ccc2CCC(C(N)=O)c2ccc(N(C)[SH](=O)=O)c(F)c2)cc1. The lowest BCUT2D eigenvalue weighted by atomic mass is 9.91. The highest BCUT2D eigenvalue weighted by atomic mass is 32.2. The number of anilines is 1. The number of hydrogen-bond acceptors (Lipinski definition) is 5. The van der Waals surface area contributed by atoms with E-state index in [1.165, 1.54) is 25.2 Å². The van der Waals surface area contributed by atoms with Gasteiger partial charge in [-0.05, 0) is 54.2 Å². The van der Waals surface area contributed by atoms with Crippen LogP contribution in [0.25, 0.3) is 0 Å². The Bertz CT molecular complexity index is 1350. The van der Waals surface area contributed by atoms with Crippen LogP contribution in [0.2, 0.25) is 0 Å². The maximum atomic E-state index is 14.6. The molecule has 1 unspecified atom stereocenters. The second kappa shape index (κ2) is 12.2. The molecule has 0 bridgehead atoms. The number of halogens is 4. The van der Waals surface area contributed by atoms with Gasteiger partial charge in [0, 0.05) is 12.6 Å². The number of hydrogen-bond donors (Lipinski definition) is 2. The molecule has 38 heavy (non-hydrogen) atoms. The molecule has 7 nitrogen and oxygen atoms in total. The summed E-state index contributed by atoms with van der Waals surface area (Å²) in [6, 6.07) is 13.1. The Balaban J connectivity index is 1.84. The van der Waals surface area contributed by atoms with Gasteiger partial charge in [-0.15, -0.1) is 0 Å². The number of amides is 1. The molecule has 0 radical (unpaired) electrons. The van der Waals surface area contributed by atoms with Crippen LogP contribution in [0, 0.1) is 5.82 Å². The zero-order valence-electron chi connectivity index (χ0n) is 20.7. The first-order valence-electron chi connectivity index (χ1n) is 11.6. The number of carbonyl (C=O) groups is 1. The topological polar surface area (TPSA) is 103 Å². The van der Waals surface area contributed by atoms with Gasteiger partial charge in [0.1, 0.15) is 18.1 Å². The molecule has 0 saturated heterocycles. The number of rotatable bonds is 11. The fourth-order valence-electron chi connectivity index (χ4n) is 3.83. The van der Waals surface area contributed by atoms with E-state index in [0.29, 0.717) is 5.56 Å². The number of alkyl halides is 3. The Labute approximate surface area is 219 Å². The van der Waals surface area contributed by atoms with Gasteiger partial charge in [0.25, 0.3) is 0 Å². The van der Waals surface area contributed by atoms with Gasteiger partial charge in [-0.25, -0.2) is 17.8 Å². The number of carbonyl (C=O) groups excluding carboxylic acids is 1. The molecule has 0 aliphatic heterocycles. The van der Waals surface area contributed by atoms with Crippen LogP contribution in [0.4, 0.5) is 23.2 Å². The highest BCUT2D eigenvalue weighted by Crippen LogP contribution is 2.33. The molecule has 3 rings (SSSR count). The average Bonchev–Trinajstić information content (AvgIpc) is 2.87. The quantitative estimate of drug-likeness (QED) is 0.268. The molecule has 0 fully saturated rings. The highest BCUT2D eigenvalue weighted by Gasteiger charge is 2.33. The van der Waals surface area contributed by atoms with E-state index in [2.05, 4.69) is 4.98 Å². The van der Waals surface area contributed by atoms with Crippen LogP contribution in [0.3, 0.4) is 0 Å². The Morgan fingerprint density at radius 2 is 1.74 bits per heavy atom. The van der Waals surface area contributed by atoms with E-state index in [-0.39, 0.29) is 36.6 Å². The van der Waals surface area contributed by atoms with Crippen LogP contribution < -0.4 is 14.8 Å². The van der Waals surface area contributed by atoms with Gasteiger partial charge in [0.2, 0.25) is 22.7 Å². The predicted octanol–water partition coefficient (Wildman–Crippen LogP) is 4.55. The molecule has 1 atom stereocenters. The van der Waals surface area contributed by atoms with Crippen LogP contribution in [0.5, 0.6) is 5.88 Å². The molecule has 0 aliphatic carbocycles.